The lowest BCUT2D eigenvalue weighted by atomic mass is 9.74. The van der Waals surface area contributed by atoms with Gasteiger partial charge in [0.05, 0.1) is 5.60 Å². The molecule has 11 heavy (non-hydrogen) atoms. The minimum absolute atomic E-state index is 0.126. The van der Waals surface area contributed by atoms with Gasteiger partial charge in [-0.15, -0.1) is 0 Å². The Hall–Kier alpha value is -0.0800. The lowest BCUT2D eigenvalue weighted by Crippen LogP contribution is -2.41. The average Bonchev–Trinajstić information content (AvgIpc) is 2.05. The van der Waals surface area contributed by atoms with Crippen LogP contribution in [0.5, 0.6) is 0 Å². The van der Waals surface area contributed by atoms with Gasteiger partial charge in [0, 0.05) is 12.5 Å². The summed E-state index contributed by atoms with van der Waals surface area (Å²) in [5.41, 5.74) is -0.562. The van der Waals surface area contributed by atoms with Crippen molar-refractivity contribution in [1.29, 1.82) is 0 Å². The van der Waals surface area contributed by atoms with Crippen LogP contribution in [0.2, 0.25) is 0 Å². The second-order valence-electron chi connectivity index (χ2n) is 3.58. The molecule has 0 saturated heterocycles. The van der Waals surface area contributed by atoms with Crippen LogP contribution in [-0.4, -0.2) is 22.4 Å². The number of hydrogen-bond donors (Lipinski definition) is 2. The van der Waals surface area contributed by atoms with Gasteiger partial charge in [0.25, 0.3) is 0 Å². The Morgan fingerprint density at radius 1 is 1.45 bits per heavy atom. The summed E-state index contributed by atoms with van der Waals surface area (Å²) in [6.07, 6.45) is 4.90. The molecule has 1 rings (SSSR count). The van der Waals surface area contributed by atoms with Crippen LogP contribution in [0.4, 0.5) is 0 Å². The molecule has 2 nitrogen and oxygen atoms in total. The van der Waals surface area contributed by atoms with E-state index in [9.17, 15) is 5.11 Å². The van der Waals surface area contributed by atoms with E-state index in [1.165, 1.54) is 0 Å². The van der Waals surface area contributed by atoms with E-state index in [1.807, 2.05) is 6.92 Å². The molecule has 66 valence electrons. The zero-order valence-corrected chi connectivity index (χ0v) is 7.21. The first kappa shape index (κ1) is 9.01. The molecule has 0 unspecified atom stereocenters. The van der Waals surface area contributed by atoms with Crippen LogP contribution in [0.3, 0.4) is 0 Å². The van der Waals surface area contributed by atoms with Crippen LogP contribution in [-0.2, 0) is 0 Å². The van der Waals surface area contributed by atoms with Gasteiger partial charge < -0.3 is 10.2 Å². The van der Waals surface area contributed by atoms with Crippen LogP contribution >= 0.6 is 0 Å². The zero-order chi connectivity index (χ0) is 8.32. The van der Waals surface area contributed by atoms with Crippen LogP contribution in [0.25, 0.3) is 0 Å². The number of aliphatic hydroxyl groups excluding tert-OH is 1. The minimum Gasteiger partial charge on any atom is -0.396 e. The molecule has 1 aliphatic carbocycles. The molecule has 1 fully saturated rings. The first-order chi connectivity index (χ1) is 5.23. The van der Waals surface area contributed by atoms with Gasteiger partial charge in [0.1, 0.15) is 0 Å². The molecule has 0 radical (unpaired) electrons. The van der Waals surface area contributed by atoms with E-state index >= 15 is 0 Å². The van der Waals surface area contributed by atoms with Crippen molar-refractivity contribution in [2.75, 3.05) is 6.61 Å². The van der Waals surface area contributed by atoms with Gasteiger partial charge >= 0.3 is 0 Å². The lowest BCUT2D eigenvalue weighted by Gasteiger charge is -2.38. The fourth-order valence-electron chi connectivity index (χ4n) is 2.02. The second kappa shape index (κ2) is 3.55. The van der Waals surface area contributed by atoms with Crippen molar-refractivity contribution >= 4 is 0 Å². The first-order valence-electron chi connectivity index (χ1n) is 4.56. The summed E-state index contributed by atoms with van der Waals surface area (Å²) in [4.78, 5) is 0. The highest BCUT2D eigenvalue weighted by Gasteiger charge is 2.36. The Morgan fingerprint density at radius 3 is 2.64 bits per heavy atom. The van der Waals surface area contributed by atoms with Gasteiger partial charge in [0.2, 0.25) is 0 Å². The molecule has 0 aromatic heterocycles. The van der Waals surface area contributed by atoms with E-state index in [-0.39, 0.29) is 12.5 Å². The molecule has 2 N–H and O–H groups in total. The summed E-state index contributed by atoms with van der Waals surface area (Å²) in [6, 6.07) is 0. The molecular formula is C9H18O2. The fraction of sp³-hybridized carbons (Fsp3) is 1.00. The molecule has 1 aliphatic rings. The molecule has 0 spiro atoms. The lowest BCUT2D eigenvalue weighted by molar-refractivity contribution is -0.0693. The van der Waals surface area contributed by atoms with Crippen molar-refractivity contribution in [1.82, 2.24) is 0 Å². The van der Waals surface area contributed by atoms with Gasteiger partial charge in [-0.3, -0.25) is 0 Å². The Balaban J connectivity index is 2.57. The van der Waals surface area contributed by atoms with E-state index in [1.54, 1.807) is 0 Å². The maximum atomic E-state index is 9.98. The first-order valence-corrected chi connectivity index (χ1v) is 4.56. The molecular weight excluding hydrogens is 140 g/mol. The summed E-state index contributed by atoms with van der Waals surface area (Å²) in [5.74, 6) is 0.126. The predicted octanol–water partition coefficient (Wildman–Crippen LogP) is 1.31. The van der Waals surface area contributed by atoms with E-state index in [2.05, 4.69) is 0 Å². The highest BCUT2D eigenvalue weighted by atomic mass is 16.3. The molecule has 0 amide bonds. The monoisotopic (exact) mass is 158 g/mol. The third-order valence-electron chi connectivity index (χ3n) is 3.00. The molecule has 0 aliphatic heterocycles. The topological polar surface area (TPSA) is 40.5 Å². The van der Waals surface area contributed by atoms with Crippen LogP contribution in [0.1, 0.15) is 39.0 Å². The quantitative estimate of drug-likeness (QED) is 0.636. The molecule has 0 aromatic rings. The maximum absolute atomic E-state index is 9.98. The summed E-state index contributed by atoms with van der Waals surface area (Å²) in [7, 11) is 0. The van der Waals surface area contributed by atoms with E-state index in [0.29, 0.717) is 0 Å². The van der Waals surface area contributed by atoms with Crippen molar-refractivity contribution in [3.05, 3.63) is 0 Å². The van der Waals surface area contributed by atoms with Crippen molar-refractivity contribution in [2.45, 2.75) is 44.6 Å². The SMILES string of the molecule is CC[C@]1(O)CCCC[C@H]1CO. The molecule has 2 heteroatoms. The normalized spacial score (nSPS) is 39.0. The van der Waals surface area contributed by atoms with Crippen molar-refractivity contribution in [2.24, 2.45) is 5.92 Å². The predicted molar refractivity (Wildman–Crippen MR) is 44.3 cm³/mol. The van der Waals surface area contributed by atoms with Gasteiger partial charge in [-0.2, -0.15) is 0 Å². The van der Waals surface area contributed by atoms with Crippen molar-refractivity contribution in [3.63, 3.8) is 0 Å². The van der Waals surface area contributed by atoms with Crippen molar-refractivity contribution < 1.29 is 10.2 Å². The number of aliphatic hydroxyl groups is 2. The molecule has 0 aromatic carbocycles. The second-order valence-corrected chi connectivity index (χ2v) is 3.58. The Kier molecular flexibility index (Phi) is 2.90. The number of rotatable bonds is 2. The van der Waals surface area contributed by atoms with Crippen LogP contribution < -0.4 is 0 Å². The van der Waals surface area contributed by atoms with Crippen LogP contribution in [0, 0.1) is 5.92 Å². The fourth-order valence-corrected chi connectivity index (χ4v) is 2.02. The Morgan fingerprint density at radius 2 is 2.18 bits per heavy atom. The summed E-state index contributed by atoms with van der Waals surface area (Å²) < 4.78 is 0. The Labute approximate surface area is 68.2 Å². The largest absolute Gasteiger partial charge is 0.396 e. The van der Waals surface area contributed by atoms with Crippen LogP contribution in [0.15, 0.2) is 0 Å². The third-order valence-corrected chi connectivity index (χ3v) is 3.00. The molecule has 2 atom stereocenters. The van der Waals surface area contributed by atoms with E-state index in [0.717, 1.165) is 32.1 Å². The van der Waals surface area contributed by atoms with E-state index in [4.69, 9.17) is 5.11 Å². The van der Waals surface area contributed by atoms with Gasteiger partial charge in [0.15, 0.2) is 0 Å². The maximum Gasteiger partial charge on any atom is 0.0695 e. The Bertz CT molecular complexity index is 125. The zero-order valence-electron chi connectivity index (χ0n) is 7.21. The summed E-state index contributed by atoms with van der Waals surface area (Å²) in [6.45, 7) is 2.14. The highest BCUT2D eigenvalue weighted by molar-refractivity contribution is 4.88. The standard InChI is InChI=1S/C9H18O2/c1-2-9(11)6-4-3-5-8(9)7-10/h8,10-11H,2-7H2,1H3/t8-,9-/m0/s1. The highest BCUT2D eigenvalue weighted by Crippen LogP contribution is 2.35. The third kappa shape index (κ3) is 1.74. The molecule has 0 heterocycles. The van der Waals surface area contributed by atoms with E-state index < -0.39 is 5.60 Å². The molecule has 0 bridgehead atoms. The van der Waals surface area contributed by atoms with Gasteiger partial charge in [-0.05, 0) is 19.3 Å². The van der Waals surface area contributed by atoms with Gasteiger partial charge in [-0.25, -0.2) is 0 Å². The van der Waals surface area contributed by atoms with Gasteiger partial charge in [-0.1, -0.05) is 19.8 Å². The minimum atomic E-state index is -0.562. The average molecular weight is 158 g/mol. The number of hydrogen-bond acceptors (Lipinski definition) is 2. The summed E-state index contributed by atoms with van der Waals surface area (Å²) in [5, 5.41) is 19.0. The van der Waals surface area contributed by atoms with Crippen molar-refractivity contribution in [3.8, 4) is 0 Å². The smallest absolute Gasteiger partial charge is 0.0695 e. The summed E-state index contributed by atoms with van der Waals surface area (Å²) >= 11 is 0. The molecule has 1 saturated carbocycles.